The van der Waals surface area contributed by atoms with Crippen LogP contribution in [0.2, 0.25) is 0 Å². The lowest BCUT2D eigenvalue weighted by atomic mass is 10.1. The van der Waals surface area contributed by atoms with E-state index in [1.807, 2.05) is 54.6 Å². The van der Waals surface area contributed by atoms with Gasteiger partial charge in [0, 0.05) is 12.0 Å². The zero-order valence-electron chi connectivity index (χ0n) is 9.60. The van der Waals surface area contributed by atoms with Crippen LogP contribution in [0.5, 0.6) is 5.75 Å². The molecule has 0 N–H and O–H groups in total. The predicted molar refractivity (Wildman–Crippen MR) is 68.0 cm³/mol. The second-order valence-corrected chi connectivity index (χ2v) is 3.75. The van der Waals surface area contributed by atoms with E-state index in [1.54, 1.807) is 0 Å². The molecule has 88 valence electrons. The SMILES string of the molecule is FCCCOc1ccccc1-c1ccccc1. The fourth-order valence-corrected chi connectivity index (χ4v) is 1.69. The topological polar surface area (TPSA) is 9.23 Å². The maximum atomic E-state index is 12.0. The number of alkyl halides is 1. The Labute approximate surface area is 101 Å². The van der Waals surface area contributed by atoms with E-state index in [0.29, 0.717) is 13.0 Å². The van der Waals surface area contributed by atoms with Gasteiger partial charge in [-0.05, 0) is 11.6 Å². The lowest BCUT2D eigenvalue weighted by Gasteiger charge is -2.10. The Kier molecular flexibility index (Phi) is 4.14. The summed E-state index contributed by atoms with van der Waals surface area (Å²) in [7, 11) is 0. The Morgan fingerprint density at radius 3 is 2.35 bits per heavy atom. The van der Waals surface area contributed by atoms with Crippen LogP contribution < -0.4 is 4.74 Å². The molecule has 0 atom stereocenters. The second kappa shape index (κ2) is 6.04. The molecule has 2 aromatic carbocycles. The smallest absolute Gasteiger partial charge is 0.127 e. The van der Waals surface area contributed by atoms with Crippen molar-refractivity contribution < 1.29 is 9.13 Å². The van der Waals surface area contributed by atoms with E-state index < -0.39 is 0 Å². The Morgan fingerprint density at radius 1 is 0.882 bits per heavy atom. The third-order valence-corrected chi connectivity index (χ3v) is 2.51. The zero-order valence-corrected chi connectivity index (χ0v) is 9.60. The van der Waals surface area contributed by atoms with E-state index in [2.05, 4.69) is 0 Å². The van der Waals surface area contributed by atoms with Crippen molar-refractivity contribution in [2.24, 2.45) is 0 Å². The lowest BCUT2D eigenvalue weighted by molar-refractivity contribution is 0.290. The third-order valence-electron chi connectivity index (χ3n) is 2.51. The zero-order chi connectivity index (χ0) is 11.9. The summed E-state index contributed by atoms with van der Waals surface area (Å²) in [5.41, 5.74) is 2.16. The van der Waals surface area contributed by atoms with E-state index in [0.717, 1.165) is 16.9 Å². The van der Waals surface area contributed by atoms with E-state index in [9.17, 15) is 4.39 Å². The van der Waals surface area contributed by atoms with Crippen molar-refractivity contribution in [1.82, 2.24) is 0 Å². The van der Waals surface area contributed by atoms with Crippen LogP contribution in [0.25, 0.3) is 11.1 Å². The van der Waals surface area contributed by atoms with Crippen LogP contribution in [0.15, 0.2) is 54.6 Å². The molecule has 0 aromatic heterocycles. The van der Waals surface area contributed by atoms with Crippen LogP contribution in [0.3, 0.4) is 0 Å². The third kappa shape index (κ3) is 3.06. The van der Waals surface area contributed by atoms with Crippen LogP contribution in [-0.4, -0.2) is 13.3 Å². The molecule has 2 heteroatoms. The summed E-state index contributed by atoms with van der Waals surface area (Å²) in [6, 6.07) is 17.9. The minimum absolute atomic E-state index is 0.340. The number of hydrogen-bond acceptors (Lipinski definition) is 1. The first kappa shape index (κ1) is 11.6. The number of hydrogen-bond donors (Lipinski definition) is 0. The molecule has 0 aliphatic heterocycles. The van der Waals surface area contributed by atoms with Gasteiger partial charge in [0.25, 0.3) is 0 Å². The van der Waals surface area contributed by atoms with Crippen molar-refractivity contribution >= 4 is 0 Å². The summed E-state index contributed by atoms with van der Waals surface area (Å²) in [5.74, 6) is 0.812. The highest BCUT2D eigenvalue weighted by Gasteiger charge is 2.04. The van der Waals surface area contributed by atoms with Crippen molar-refractivity contribution in [2.45, 2.75) is 6.42 Å². The summed E-state index contributed by atoms with van der Waals surface area (Å²) in [6.45, 7) is 0.0772. The molecule has 0 aliphatic carbocycles. The van der Waals surface area contributed by atoms with Crippen LogP contribution >= 0.6 is 0 Å². The summed E-state index contributed by atoms with van der Waals surface area (Å²) < 4.78 is 17.6. The van der Waals surface area contributed by atoms with E-state index in [4.69, 9.17) is 4.74 Å². The van der Waals surface area contributed by atoms with Crippen LogP contribution in [-0.2, 0) is 0 Å². The van der Waals surface area contributed by atoms with Gasteiger partial charge in [-0.2, -0.15) is 0 Å². The monoisotopic (exact) mass is 230 g/mol. The summed E-state index contributed by atoms with van der Waals surface area (Å²) in [5, 5.41) is 0. The Morgan fingerprint density at radius 2 is 1.59 bits per heavy atom. The van der Waals surface area contributed by atoms with Crippen molar-refractivity contribution in [3.8, 4) is 16.9 Å². The quantitative estimate of drug-likeness (QED) is 0.703. The first-order valence-corrected chi connectivity index (χ1v) is 5.75. The highest BCUT2D eigenvalue weighted by Crippen LogP contribution is 2.29. The van der Waals surface area contributed by atoms with Gasteiger partial charge in [0.1, 0.15) is 5.75 Å². The fraction of sp³-hybridized carbons (Fsp3) is 0.200. The summed E-state index contributed by atoms with van der Waals surface area (Å²) in [4.78, 5) is 0. The Bertz CT molecular complexity index is 453. The summed E-state index contributed by atoms with van der Waals surface area (Å²) in [6.07, 6.45) is 0.434. The predicted octanol–water partition coefficient (Wildman–Crippen LogP) is 4.09. The average molecular weight is 230 g/mol. The standard InChI is InChI=1S/C15H15FO/c16-11-6-12-17-15-10-5-4-9-14(15)13-7-2-1-3-8-13/h1-5,7-10H,6,11-12H2. The van der Waals surface area contributed by atoms with E-state index in [1.165, 1.54) is 0 Å². The van der Waals surface area contributed by atoms with Gasteiger partial charge in [0.15, 0.2) is 0 Å². The molecule has 0 bridgehead atoms. The minimum atomic E-state index is -0.340. The first-order chi connectivity index (χ1) is 8.42. The fourth-order valence-electron chi connectivity index (χ4n) is 1.69. The molecule has 0 fully saturated rings. The number of para-hydroxylation sites is 1. The van der Waals surface area contributed by atoms with E-state index >= 15 is 0 Å². The molecule has 0 spiro atoms. The summed E-state index contributed by atoms with van der Waals surface area (Å²) >= 11 is 0. The molecule has 0 radical (unpaired) electrons. The van der Waals surface area contributed by atoms with Gasteiger partial charge in [-0.1, -0.05) is 48.5 Å². The first-order valence-electron chi connectivity index (χ1n) is 5.75. The molecule has 17 heavy (non-hydrogen) atoms. The minimum Gasteiger partial charge on any atom is -0.493 e. The van der Waals surface area contributed by atoms with Crippen LogP contribution in [0.4, 0.5) is 4.39 Å². The van der Waals surface area contributed by atoms with Gasteiger partial charge in [-0.3, -0.25) is 4.39 Å². The molecule has 0 heterocycles. The van der Waals surface area contributed by atoms with Gasteiger partial charge >= 0.3 is 0 Å². The number of halogens is 1. The maximum Gasteiger partial charge on any atom is 0.127 e. The molecule has 0 aliphatic rings. The highest BCUT2D eigenvalue weighted by atomic mass is 19.1. The Balaban J connectivity index is 2.22. The molecule has 2 rings (SSSR count). The molecular weight excluding hydrogens is 215 g/mol. The van der Waals surface area contributed by atoms with Gasteiger partial charge in [0.2, 0.25) is 0 Å². The van der Waals surface area contributed by atoms with Crippen molar-refractivity contribution in [3.05, 3.63) is 54.6 Å². The van der Waals surface area contributed by atoms with Crippen LogP contribution in [0.1, 0.15) is 6.42 Å². The Hall–Kier alpha value is -1.83. The average Bonchev–Trinajstić information content (AvgIpc) is 2.41. The van der Waals surface area contributed by atoms with E-state index in [-0.39, 0.29) is 6.67 Å². The molecule has 0 unspecified atom stereocenters. The second-order valence-electron chi connectivity index (χ2n) is 3.75. The van der Waals surface area contributed by atoms with Gasteiger partial charge in [-0.15, -0.1) is 0 Å². The van der Waals surface area contributed by atoms with Crippen LogP contribution in [0, 0.1) is 0 Å². The molecule has 1 nitrogen and oxygen atoms in total. The van der Waals surface area contributed by atoms with Crippen molar-refractivity contribution in [3.63, 3.8) is 0 Å². The molecule has 0 amide bonds. The molecule has 0 saturated carbocycles. The number of ether oxygens (including phenoxy) is 1. The normalized spacial score (nSPS) is 10.2. The van der Waals surface area contributed by atoms with Crippen molar-refractivity contribution in [1.29, 1.82) is 0 Å². The molecule has 0 saturated heterocycles. The maximum absolute atomic E-state index is 12.0. The number of benzene rings is 2. The van der Waals surface area contributed by atoms with Gasteiger partial charge < -0.3 is 4.74 Å². The molecule has 2 aromatic rings. The highest BCUT2D eigenvalue weighted by molar-refractivity contribution is 5.70. The van der Waals surface area contributed by atoms with Gasteiger partial charge in [0.05, 0.1) is 13.3 Å². The largest absolute Gasteiger partial charge is 0.493 e. The van der Waals surface area contributed by atoms with Gasteiger partial charge in [-0.25, -0.2) is 0 Å². The van der Waals surface area contributed by atoms with Crippen molar-refractivity contribution in [2.75, 3.05) is 13.3 Å². The number of rotatable bonds is 5. The lowest BCUT2D eigenvalue weighted by Crippen LogP contribution is -1.99. The molecular formula is C15H15FO.